The number of aromatic nitrogens is 2. The van der Waals surface area contributed by atoms with Crippen molar-refractivity contribution in [3.05, 3.63) is 40.0 Å². The van der Waals surface area contributed by atoms with Crippen LogP contribution >= 0.6 is 22.9 Å². The van der Waals surface area contributed by atoms with Crippen LogP contribution in [-0.2, 0) is 0 Å². The van der Waals surface area contributed by atoms with Crippen LogP contribution in [-0.4, -0.2) is 9.97 Å². The molecule has 8 heteroatoms. The number of ether oxygens (including phenoxy) is 1. The maximum absolute atomic E-state index is 13.1. The predicted octanol–water partition coefficient (Wildman–Crippen LogP) is 3.87. The summed E-state index contributed by atoms with van der Waals surface area (Å²) in [7, 11) is 0. The van der Waals surface area contributed by atoms with Crippen molar-refractivity contribution in [2.24, 2.45) is 5.84 Å². The van der Waals surface area contributed by atoms with Crippen molar-refractivity contribution in [1.82, 2.24) is 9.97 Å². The van der Waals surface area contributed by atoms with Gasteiger partial charge in [0.15, 0.2) is 0 Å². The third-order valence-corrected chi connectivity index (χ3v) is 3.95. The summed E-state index contributed by atoms with van der Waals surface area (Å²) >= 11 is 7.46. The summed E-state index contributed by atoms with van der Waals surface area (Å²) in [5.41, 5.74) is 2.39. The van der Waals surface area contributed by atoms with E-state index in [1.54, 1.807) is 0 Å². The van der Waals surface area contributed by atoms with Crippen LogP contribution in [0, 0.1) is 12.7 Å². The van der Waals surface area contributed by atoms with E-state index in [9.17, 15) is 4.39 Å². The van der Waals surface area contributed by atoms with Gasteiger partial charge >= 0.3 is 0 Å². The topological polar surface area (TPSA) is 73.1 Å². The van der Waals surface area contributed by atoms with Crippen LogP contribution in [0.25, 0.3) is 10.2 Å². The number of thiophene rings is 1. The van der Waals surface area contributed by atoms with Crippen molar-refractivity contribution in [2.75, 3.05) is 5.43 Å². The molecule has 3 N–H and O–H groups in total. The fraction of sp³-hybridized carbons (Fsp3) is 0.0769. The van der Waals surface area contributed by atoms with Gasteiger partial charge in [0.25, 0.3) is 0 Å². The lowest BCUT2D eigenvalue weighted by Gasteiger charge is -2.08. The standard InChI is InChI=1S/C13H10ClFN4OS/c1-6-4-8-11(17-13(19-16)18-12(8)21-6)20-10-3-2-7(15)5-9(10)14/h2-5H,16H2,1H3,(H,17,18,19). The van der Waals surface area contributed by atoms with E-state index in [2.05, 4.69) is 15.4 Å². The van der Waals surface area contributed by atoms with Crippen molar-refractivity contribution >= 4 is 39.1 Å². The molecular weight excluding hydrogens is 315 g/mol. The number of hydrogen-bond donors (Lipinski definition) is 2. The zero-order valence-electron chi connectivity index (χ0n) is 10.9. The molecule has 3 aromatic rings. The number of nitrogen functional groups attached to an aromatic ring is 1. The Kier molecular flexibility index (Phi) is 3.62. The molecule has 3 rings (SSSR count). The molecule has 1 aromatic carbocycles. The van der Waals surface area contributed by atoms with E-state index in [1.165, 1.54) is 29.5 Å². The monoisotopic (exact) mass is 324 g/mol. The Morgan fingerprint density at radius 3 is 2.86 bits per heavy atom. The number of nitrogens with two attached hydrogens (primary N) is 1. The summed E-state index contributed by atoms with van der Waals surface area (Å²) in [6.45, 7) is 1.95. The third-order valence-electron chi connectivity index (χ3n) is 2.71. The Labute approximate surface area is 128 Å². The van der Waals surface area contributed by atoms with Crippen LogP contribution in [0.2, 0.25) is 5.02 Å². The fourth-order valence-corrected chi connectivity index (χ4v) is 2.90. The fourth-order valence-electron chi connectivity index (χ4n) is 1.82. The molecule has 0 spiro atoms. The number of aryl methyl sites for hydroxylation is 1. The number of nitrogens with zero attached hydrogens (tertiary/aromatic N) is 2. The average molecular weight is 325 g/mol. The van der Waals surface area contributed by atoms with Gasteiger partial charge in [-0.2, -0.15) is 4.98 Å². The molecule has 108 valence electrons. The highest BCUT2D eigenvalue weighted by molar-refractivity contribution is 7.18. The molecule has 0 aliphatic heterocycles. The van der Waals surface area contributed by atoms with Crippen LogP contribution in [0.1, 0.15) is 4.88 Å². The summed E-state index contributed by atoms with van der Waals surface area (Å²) < 4.78 is 18.8. The minimum absolute atomic E-state index is 0.163. The van der Waals surface area contributed by atoms with E-state index >= 15 is 0 Å². The van der Waals surface area contributed by atoms with Crippen LogP contribution in [0.5, 0.6) is 11.6 Å². The highest BCUT2D eigenvalue weighted by Gasteiger charge is 2.14. The molecule has 0 radical (unpaired) electrons. The predicted molar refractivity (Wildman–Crippen MR) is 81.4 cm³/mol. The lowest BCUT2D eigenvalue weighted by atomic mass is 10.3. The molecule has 0 saturated carbocycles. The second kappa shape index (κ2) is 5.44. The Balaban J connectivity index is 2.10. The lowest BCUT2D eigenvalue weighted by Crippen LogP contribution is -2.10. The number of halogens is 2. The molecule has 21 heavy (non-hydrogen) atoms. The molecule has 0 aliphatic carbocycles. The minimum atomic E-state index is -0.434. The average Bonchev–Trinajstić information content (AvgIpc) is 2.82. The molecular formula is C13H10ClFN4OS. The summed E-state index contributed by atoms with van der Waals surface area (Å²) in [4.78, 5) is 10.2. The Morgan fingerprint density at radius 2 is 2.14 bits per heavy atom. The van der Waals surface area contributed by atoms with Crippen LogP contribution in [0.15, 0.2) is 24.3 Å². The van der Waals surface area contributed by atoms with Crippen molar-refractivity contribution in [3.63, 3.8) is 0 Å². The largest absolute Gasteiger partial charge is 0.437 e. The Hall–Kier alpha value is -1.96. The zero-order chi connectivity index (χ0) is 15.0. The summed E-state index contributed by atoms with van der Waals surface area (Å²) in [5.74, 6) is 5.78. The highest BCUT2D eigenvalue weighted by atomic mass is 35.5. The number of benzene rings is 1. The van der Waals surface area contributed by atoms with Gasteiger partial charge in [-0.3, -0.25) is 5.43 Å². The van der Waals surface area contributed by atoms with Gasteiger partial charge in [-0.25, -0.2) is 15.2 Å². The maximum Gasteiger partial charge on any atom is 0.241 e. The first kappa shape index (κ1) is 14.0. The smallest absolute Gasteiger partial charge is 0.241 e. The Bertz CT molecular complexity index is 823. The molecule has 0 saturated heterocycles. The van der Waals surface area contributed by atoms with Crippen LogP contribution in [0.3, 0.4) is 0 Å². The first-order chi connectivity index (χ1) is 10.1. The van der Waals surface area contributed by atoms with Crippen molar-refractivity contribution in [2.45, 2.75) is 6.92 Å². The molecule has 0 amide bonds. The molecule has 0 aliphatic rings. The number of anilines is 1. The van der Waals surface area contributed by atoms with E-state index in [0.29, 0.717) is 11.6 Å². The number of nitrogens with one attached hydrogen (secondary N) is 1. The molecule has 0 fully saturated rings. The van der Waals surface area contributed by atoms with Gasteiger partial charge in [-0.05, 0) is 31.2 Å². The summed E-state index contributed by atoms with van der Waals surface area (Å²) in [6.07, 6.45) is 0. The van der Waals surface area contributed by atoms with Gasteiger partial charge in [0, 0.05) is 4.88 Å². The van der Waals surface area contributed by atoms with Gasteiger partial charge in [0.1, 0.15) is 16.4 Å². The first-order valence-corrected chi connectivity index (χ1v) is 7.14. The van der Waals surface area contributed by atoms with Gasteiger partial charge < -0.3 is 4.74 Å². The second-order valence-electron chi connectivity index (χ2n) is 4.25. The number of hydrogen-bond acceptors (Lipinski definition) is 6. The number of rotatable bonds is 3. The number of hydrazine groups is 1. The van der Waals surface area contributed by atoms with Gasteiger partial charge in [-0.1, -0.05) is 11.6 Å². The van der Waals surface area contributed by atoms with Crippen molar-refractivity contribution in [1.29, 1.82) is 0 Å². The number of fused-ring (bicyclic) bond motifs is 1. The second-order valence-corrected chi connectivity index (χ2v) is 5.89. The van der Waals surface area contributed by atoms with Crippen LogP contribution in [0.4, 0.5) is 10.3 Å². The van der Waals surface area contributed by atoms with Gasteiger partial charge in [0.2, 0.25) is 11.8 Å². The zero-order valence-corrected chi connectivity index (χ0v) is 12.4. The summed E-state index contributed by atoms with van der Waals surface area (Å²) in [6, 6.07) is 5.80. The van der Waals surface area contributed by atoms with Crippen molar-refractivity contribution in [3.8, 4) is 11.6 Å². The molecule has 2 heterocycles. The third kappa shape index (κ3) is 2.76. The normalized spacial score (nSPS) is 10.9. The van der Waals surface area contributed by atoms with Gasteiger partial charge in [-0.15, -0.1) is 11.3 Å². The molecule has 2 aromatic heterocycles. The molecule has 0 bridgehead atoms. The van der Waals surface area contributed by atoms with E-state index in [1.807, 2.05) is 13.0 Å². The quantitative estimate of drug-likeness (QED) is 0.565. The van der Waals surface area contributed by atoms with E-state index in [-0.39, 0.29) is 11.0 Å². The Morgan fingerprint density at radius 1 is 1.33 bits per heavy atom. The molecule has 0 atom stereocenters. The van der Waals surface area contributed by atoms with Crippen molar-refractivity contribution < 1.29 is 9.13 Å². The maximum atomic E-state index is 13.1. The van der Waals surface area contributed by atoms with E-state index < -0.39 is 5.82 Å². The summed E-state index contributed by atoms with van der Waals surface area (Å²) in [5, 5.41) is 0.910. The van der Waals surface area contributed by atoms with Gasteiger partial charge in [0.05, 0.1) is 10.4 Å². The van der Waals surface area contributed by atoms with E-state index in [0.717, 1.165) is 15.1 Å². The minimum Gasteiger partial charge on any atom is -0.437 e. The lowest BCUT2D eigenvalue weighted by molar-refractivity contribution is 0.467. The highest BCUT2D eigenvalue weighted by Crippen LogP contribution is 2.35. The molecule has 5 nitrogen and oxygen atoms in total. The molecule has 0 unspecified atom stereocenters. The van der Waals surface area contributed by atoms with Crippen LogP contribution < -0.4 is 16.0 Å². The first-order valence-electron chi connectivity index (χ1n) is 5.94. The SMILES string of the molecule is Cc1cc2c(Oc3ccc(F)cc3Cl)nc(NN)nc2s1. The van der Waals surface area contributed by atoms with E-state index in [4.69, 9.17) is 22.2 Å².